The van der Waals surface area contributed by atoms with Crippen LogP contribution in [-0.4, -0.2) is 60.3 Å². The number of hydrogen-bond acceptors (Lipinski definition) is 6. The van der Waals surface area contributed by atoms with E-state index in [1.165, 1.54) is 0 Å². The second-order valence-corrected chi connectivity index (χ2v) is 7.31. The van der Waals surface area contributed by atoms with Crippen LogP contribution in [0.2, 0.25) is 0 Å². The summed E-state index contributed by atoms with van der Waals surface area (Å²) in [5.74, 6) is -0.595. The van der Waals surface area contributed by atoms with E-state index in [1.54, 1.807) is 28.9 Å². The van der Waals surface area contributed by atoms with Crippen molar-refractivity contribution in [3.63, 3.8) is 0 Å². The van der Waals surface area contributed by atoms with E-state index in [0.29, 0.717) is 25.9 Å². The Labute approximate surface area is 113 Å². The summed E-state index contributed by atoms with van der Waals surface area (Å²) in [5.41, 5.74) is 0. The molecule has 0 unspecified atom stereocenters. The van der Waals surface area contributed by atoms with Crippen LogP contribution in [0.3, 0.4) is 0 Å². The maximum absolute atomic E-state index is 10.5. The first-order chi connectivity index (χ1) is 8.66. The Morgan fingerprint density at radius 2 is 1.16 bits per heavy atom. The molecule has 0 saturated heterocycles. The van der Waals surface area contributed by atoms with Crippen LogP contribution >= 0.6 is 0 Å². The van der Waals surface area contributed by atoms with Gasteiger partial charge in [0, 0.05) is 25.5 Å². The van der Waals surface area contributed by atoms with E-state index in [-0.39, 0.29) is 11.5 Å². The van der Waals surface area contributed by atoms with Gasteiger partial charge in [-0.25, -0.2) is 0 Å². The lowest BCUT2D eigenvalue weighted by molar-refractivity contribution is 0.342. The second kappa shape index (κ2) is 6.55. The molecule has 1 heterocycles. The quantitative estimate of drug-likeness (QED) is 0.589. The van der Waals surface area contributed by atoms with Crippen molar-refractivity contribution in [3.8, 4) is 0 Å². The van der Waals surface area contributed by atoms with Crippen LogP contribution < -0.4 is 0 Å². The van der Waals surface area contributed by atoms with Crippen LogP contribution in [0.1, 0.15) is 12.8 Å². The van der Waals surface area contributed by atoms with Crippen molar-refractivity contribution >= 4 is 20.2 Å². The molecule has 0 aromatic heterocycles. The smallest absolute Gasteiger partial charge is 0.264 e. The van der Waals surface area contributed by atoms with Gasteiger partial charge in [-0.3, -0.25) is 9.11 Å². The molecule has 0 saturated carbocycles. The van der Waals surface area contributed by atoms with Gasteiger partial charge in [0.25, 0.3) is 20.2 Å². The molecule has 0 bridgehead atoms. The summed E-state index contributed by atoms with van der Waals surface area (Å²) in [6.45, 7) is 2.57. The number of hydrogen-bond donors (Lipinski definition) is 2. The Hall–Kier alpha value is -0.840. The van der Waals surface area contributed by atoms with Crippen LogP contribution in [0, 0.1) is 6.67 Å². The molecule has 19 heavy (non-hydrogen) atoms. The first-order valence-electron chi connectivity index (χ1n) is 5.61. The molecule has 8 nitrogen and oxygen atoms in total. The zero-order valence-electron chi connectivity index (χ0n) is 10.2. The largest absolute Gasteiger partial charge is 0.353 e. The van der Waals surface area contributed by atoms with E-state index in [4.69, 9.17) is 9.11 Å². The van der Waals surface area contributed by atoms with Gasteiger partial charge in [-0.1, -0.05) is 0 Å². The average molecular weight is 313 g/mol. The van der Waals surface area contributed by atoms with Crippen molar-refractivity contribution in [1.29, 1.82) is 0 Å². The van der Waals surface area contributed by atoms with Crippen LogP contribution in [0.25, 0.3) is 0 Å². The van der Waals surface area contributed by atoms with E-state index in [1.807, 2.05) is 0 Å². The SMILES string of the molecule is O=S(=O)(O)CCCN1[CH]N(CCCS(=O)(=O)O)C=C1. The Bertz CT molecular complexity index is 467. The van der Waals surface area contributed by atoms with Crippen LogP contribution in [0.15, 0.2) is 12.4 Å². The van der Waals surface area contributed by atoms with Crippen molar-refractivity contribution in [1.82, 2.24) is 9.80 Å². The first-order valence-corrected chi connectivity index (χ1v) is 8.83. The lowest BCUT2D eigenvalue weighted by Crippen LogP contribution is -2.23. The van der Waals surface area contributed by atoms with Gasteiger partial charge in [0.05, 0.1) is 11.5 Å². The van der Waals surface area contributed by atoms with E-state index in [9.17, 15) is 16.8 Å². The third-order valence-electron chi connectivity index (χ3n) is 2.38. The van der Waals surface area contributed by atoms with Gasteiger partial charge in [-0.2, -0.15) is 16.8 Å². The van der Waals surface area contributed by atoms with Gasteiger partial charge in [-0.05, 0) is 12.8 Å². The fraction of sp³-hybridized carbons (Fsp3) is 0.667. The monoisotopic (exact) mass is 313 g/mol. The maximum Gasteiger partial charge on any atom is 0.264 e. The third kappa shape index (κ3) is 8.03. The van der Waals surface area contributed by atoms with Gasteiger partial charge in [-0.15, -0.1) is 0 Å². The summed E-state index contributed by atoms with van der Waals surface area (Å²) in [5, 5.41) is 0. The Kier molecular flexibility index (Phi) is 5.59. The zero-order chi connectivity index (χ0) is 14.5. The molecular weight excluding hydrogens is 296 g/mol. The fourth-order valence-electron chi connectivity index (χ4n) is 1.56. The molecule has 1 aliphatic heterocycles. The fourth-order valence-corrected chi connectivity index (χ4v) is 2.55. The molecule has 111 valence electrons. The molecule has 0 spiro atoms. The summed E-state index contributed by atoms with van der Waals surface area (Å²) in [6, 6.07) is 0. The highest BCUT2D eigenvalue weighted by Crippen LogP contribution is 2.12. The normalized spacial score (nSPS) is 16.3. The maximum atomic E-state index is 10.5. The highest BCUT2D eigenvalue weighted by molar-refractivity contribution is 7.86. The van der Waals surface area contributed by atoms with Crippen LogP contribution in [0.5, 0.6) is 0 Å². The topological polar surface area (TPSA) is 115 Å². The standard InChI is InChI=1S/C9H17N2O6S2/c12-18(13,14)7-1-3-10-5-6-11(9-10)4-2-8-19(15,16)17/h5-6,9H,1-4,7-8H2,(H,12,13,14)(H,15,16,17). The summed E-state index contributed by atoms with van der Waals surface area (Å²) in [4.78, 5) is 3.47. The predicted molar refractivity (Wildman–Crippen MR) is 68.9 cm³/mol. The van der Waals surface area contributed by atoms with Crippen molar-refractivity contribution in [2.24, 2.45) is 0 Å². The van der Waals surface area contributed by atoms with E-state index in [2.05, 4.69) is 0 Å². The minimum Gasteiger partial charge on any atom is -0.353 e. The van der Waals surface area contributed by atoms with Crippen LogP contribution in [0.4, 0.5) is 0 Å². The lowest BCUT2D eigenvalue weighted by Gasteiger charge is -2.19. The Morgan fingerprint density at radius 1 is 0.789 bits per heavy atom. The number of rotatable bonds is 8. The number of nitrogens with zero attached hydrogens (tertiary/aromatic N) is 2. The molecule has 10 heteroatoms. The molecule has 0 amide bonds. The van der Waals surface area contributed by atoms with Crippen molar-refractivity contribution in [2.75, 3.05) is 24.6 Å². The predicted octanol–water partition coefficient (Wildman–Crippen LogP) is -0.250. The molecule has 1 radical (unpaired) electrons. The third-order valence-corrected chi connectivity index (χ3v) is 3.99. The first kappa shape index (κ1) is 16.2. The van der Waals surface area contributed by atoms with Gasteiger partial charge in [0.1, 0.15) is 6.67 Å². The molecule has 0 atom stereocenters. The van der Waals surface area contributed by atoms with E-state index >= 15 is 0 Å². The molecule has 1 rings (SSSR count). The highest BCUT2D eigenvalue weighted by atomic mass is 32.2. The lowest BCUT2D eigenvalue weighted by atomic mass is 10.4. The summed E-state index contributed by atoms with van der Waals surface area (Å²) in [6.07, 6.45) is 4.02. The zero-order valence-corrected chi connectivity index (χ0v) is 11.8. The minimum absolute atomic E-state index is 0.290. The average Bonchev–Trinajstić information content (AvgIpc) is 2.62. The molecular formula is C9H17N2O6S2. The minimum atomic E-state index is -3.93. The van der Waals surface area contributed by atoms with Crippen molar-refractivity contribution < 1.29 is 25.9 Å². The molecule has 0 fully saturated rings. The van der Waals surface area contributed by atoms with Crippen molar-refractivity contribution in [3.05, 3.63) is 19.1 Å². The van der Waals surface area contributed by atoms with Gasteiger partial charge in [0.15, 0.2) is 0 Å². The summed E-state index contributed by atoms with van der Waals surface area (Å²) >= 11 is 0. The van der Waals surface area contributed by atoms with Gasteiger partial charge < -0.3 is 9.80 Å². The molecule has 2 N–H and O–H groups in total. The van der Waals surface area contributed by atoms with E-state index < -0.39 is 20.2 Å². The van der Waals surface area contributed by atoms with Crippen LogP contribution in [-0.2, 0) is 20.2 Å². The Morgan fingerprint density at radius 3 is 1.47 bits per heavy atom. The van der Waals surface area contributed by atoms with Gasteiger partial charge in [0.2, 0.25) is 0 Å². The highest BCUT2D eigenvalue weighted by Gasteiger charge is 2.14. The van der Waals surface area contributed by atoms with Gasteiger partial charge >= 0.3 is 0 Å². The molecule has 0 aliphatic carbocycles. The Balaban J connectivity index is 2.18. The van der Waals surface area contributed by atoms with Crippen molar-refractivity contribution in [2.45, 2.75) is 12.8 Å². The van der Waals surface area contributed by atoms with E-state index in [0.717, 1.165) is 0 Å². The molecule has 1 aliphatic rings. The molecule has 0 aromatic carbocycles. The second-order valence-electron chi connectivity index (χ2n) is 4.17. The summed E-state index contributed by atoms with van der Waals surface area (Å²) < 4.78 is 59.2. The summed E-state index contributed by atoms with van der Waals surface area (Å²) in [7, 11) is -7.87. The molecule has 0 aromatic rings.